The van der Waals surface area contributed by atoms with E-state index in [9.17, 15) is 14.7 Å². The number of likely N-dealkylation sites (tertiary alicyclic amines) is 1. The molecule has 1 fully saturated rings. The van der Waals surface area contributed by atoms with E-state index < -0.39 is 12.0 Å². The molecule has 1 heterocycles. The van der Waals surface area contributed by atoms with E-state index in [0.717, 1.165) is 25.7 Å². The maximum absolute atomic E-state index is 12.4. The van der Waals surface area contributed by atoms with Crippen molar-refractivity contribution in [2.45, 2.75) is 58.0 Å². The Kier molecular flexibility index (Phi) is 5.44. The van der Waals surface area contributed by atoms with Gasteiger partial charge in [0.2, 0.25) is 0 Å². The molecule has 0 aromatic heterocycles. The highest BCUT2D eigenvalue weighted by atomic mass is 16.4. The number of rotatable bonds is 4. The van der Waals surface area contributed by atoms with Crippen LogP contribution in [0.15, 0.2) is 0 Å². The summed E-state index contributed by atoms with van der Waals surface area (Å²) in [7, 11) is 1.77. The number of hydrogen-bond acceptors (Lipinski definition) is 2. The molecule has 0 saturated carbocycles. The van der Waals surface area contributed by atoms with Gasteiger partial charge in [-0.1, -0.05) is 13.8 Å². The van der Waals surface area contributed by atoms with Crippen molar-refractivity contribution < 1.29 is 14.7 Å². The predicted molar refractivity (Wildman–Crippen MR) is 69.5 cm³/mol. The number of urea groups is 1. The summed E-state index contributed by atoms with van der Waals surface area (Å²) in [5.74, 6) is -0.888. The molecule has 1 aliphatic rings. The first-order chi connectivity index (χ1) is 8.52. The van der Waals surface area contributed by atoms with Gasteiger partial charge in [-0.3, -0.25) is 0 Å². The molecule has 0 aromatic carbocycles. The number of carboxylic acids is 1. The number of amides is 2. The SMILES string of the molecule is CCC(CC)N(C)C(=O)N1CCCCC1C(=O)O. The van der Waals surface area contributed by atoms with Crippen molar-refractivity contribution in [3.05, 3.63) is 0 Å². The van der Waals surface area contributed by atoms with E-state index in [1.807, 2.05) is 13.8 Å². The summed E-state index contributed by atoms with van der Waals surface area (Å²) in [6.45, 7) is 4.64. The molecule has 5 nitrogen and oxygen atoms in total. The monoisotopic (exact) mass is 256 g/mol. The third-order valence-electron chi connectivity index (χ3n) is 3.83. The summed E-state index contributed by atoms with van der Waals surface area (Å²) >= 11 is 0. The summed E-state index contributed by atoms with van der Waals surface area (Å²) in [5.41, 5.74) is 0. The number of nitrogens with zero attached hydrogens (tertiary/aromatic N) is 2. The Labute approximate surface area is 109 Å². The van der Waals surface area contributed by atoms with Gasteiger partial charge in [0.1, 0.15) is 6.04 Å². The van der Waals surface area contributed by atoms with Crippen LogP contribution in [0.1, 0.15) is 46.0 Å². The Morgan fingerprint density at radius 2 is 1.94 bits per heavy atom. The van der Waals surface area contributed by atoms with Gasteiger partial charge in [-0.2, -0.15) is 0 Å². The minimum Gasteiger partial charge on any atom is -0.480 e. The average Bonchev–Trinajstić information content (AvgIpc) is 2.39. The summed E-state index contributed by atoms with van der Waals surface area (Å²) < 4.78 is 0. The first kappa shape index (κ1) is 14.8. The van der Waals surface area contributed by atoms with Crippen molar-refractivity contribution in [2.75, 3.05) is 13.6 Å². The van der Waals surface area contributed by atoms with Gasteiger partial charge in [0.25, 0.3) is 0 Å². The number of hydrogen-bond donors (Lipinski definition) is 1. The maximum atomic E-state index is 12.4. The Bertz CT molecular complexity index is 303. The fourth-order valence-electron chi connectivity index (χ4n) is 2.61. The molecule has 1 aliphatic heterocycles. The number of aliphatic carboxylic acids is 1. The number of piperidine rings is 1. The number of carboxylic acid groups (broad SMARTS) is 1. The Hall–Kier alpha value is -1.26. The van der Waals surface area contributed by atoms with Crippen LogP contribution in [-0.4, -0.2) is 52.6 Å². The molecule has 2 amide bonds. The number of carbonyl (C=O) groups is 2. The molecule has 1 rings (SSSR count). The maximum Gasteiger partial charge on any atom is 0.326 e. The van der Waals surface area contributed by atoms with Crippen LogP contribution in [0.2, 0.25) is 0 Å². The van der Waals surface area contributed by atoms with E-state index in [1.165, 1.54) is 4.90 Å². The molecule has 0 radical (unpaired) electrons. The second-order valence-electron chi connectivity index (χ2n) is 4.91. The highest BCUT2D eigenvalue weighted by molar-refractivity contribution is 5.83. The van der Waals surface area contributed by atoms with Crippen LogP contribution in [0.25, 0.3) is 0 Å². The van der Waals surface area contributed by atoms with E-state index >= 15 is 0 Å². The third kappa shape index (κ3) is 3.15. The number of carbonyl (C=O) groups excluding carboxylic acids is 1. The van der Waals surface area contributed by atoms with Crippen LogP contribution in [-0.2, 0) is 4.79 Å². The molecule has 0 spiro atoms. The Morgan fingerprint density at radius 1 is 1.33 bits per heavy atom. The zero-order valence-corrected chi connectivity index (χ0v) is 11.6. The van der Waals surface area contributed by atoms with Gasteiger partial charge in [0, 0.05) is 19.6 Å². The van der Waals surface area contributed by atoms with Gasteiger partial charge in [0.05, 0.1) is 0 Å². The minimum absolute atomic E-state index is 0.143. The zero-order valence-electron chi connectivity index (χ0n) is 11.6. The lowest BCUT2D eigenvalue weighted by Gasteiger charge is -2.38. The first-order valence-electron chi connectivity index (χ1n) is 6.79. The summed E-state index contributed by atoms with van der Waals surface area (Å²) in [6, 6.07) is -0.604. The molecule has 1 unspecified atom stereocenters. The van der Waals surface area contributed by atoms with Crippen LogP contribution in [0, 0.1) is 0 Å². The molecule has 1 saturated heterocycles. The standard InChI is InChI=1S/C13H24N2O3/c1-4-10(5-2)14(3)13(18)15-9-7-6-8-11(15)12(16)17/h10-11H,4-9H2,1-3H3,(H,16,17). The van der Waals surface area contributed by atoms with E-state index in [-0.39, 0.29) is 12.1 Å². The highest BCUT2D eigenvalue weighted by Gasteiger charge is 2.34. The second kappa shape index (κ2) is 6.61. The van der Waals surface area contributed by atoms with Crippen molar-refractivity contribution >= 4 is 12.0 Å². The van der Waals surface area contributed by atoms with Gasteiger partial charge >= 0.3 is 12.0 Å². The van der Waals surface area contributed by atoms with Crippen molar-refractivity contribution in [3.8, 4) is 0 Å². The smallest absolute Gasteiger partial charge is 0.326 e. The fourth-order valence-corrected chi connectivity index (χ4v) is 2.61. The molecule has 0 aliphatic carbocycles. The lowest BCUT2D eigenvalue weighted by molar-refractivity contribution is -0.143. The van der Waals surface area contributed by atoms with E-state index in [2.05, 4.69) is 0 Å². The van der Waals surface area contributed by atoms with Crippen molar-refractivity contribution in [1.82, 2.24) is 9.80 Å². The minimum atomic E-state index is -0.888. The fraction of sp³-hybridized carbons (Fsp3) is 0.846. The van der Waals surface area contributed by atoms with Gasteiger partial charge < -0.3 is 14.9 Å². The van der Waals surface area contributed by atoms with Gasteiger partial charge in [0.15, 0.2) is 0 Å². The van der Waals surface area contributed by atoms with E-state index in [1.54, 1.807) is 11.9 Å². The molecule has 1 atom stereocenters. The normalized spacial score (nSPS) is 20.0. The van der Waals surface area contributed by atoms with Gasteiger partial charge in [-0.05, 0) is 32.1 Å². The van der Waals surface area contributed by atoms with Crippen LogP contribution >= 0.6 is 0 Å². The average molecular weight is 256 g/mol. The predicted octanol–water partition coefficient (Wildman–Crippen LogP) is 2.17. The summed E-state index contributed by atoms with van der Waals surface area (Å²) in [6.07, 6.45) is 4.13. The van der Waals surface area contributed by atoms with Crippen molar-refractivity contribution in [1.29, 1.82) is 0 Å². The lowest BCUT2D eigenvalue weighted by atomic mass is 10.0. The molecule has 0 bridgehead atoms. The Balaban J connectivity index is 2.76. The van der Waals surface area contributed by atoms with Crippen LogP contribution in [0.3, 0.4) is 0 Å². The molecular weight excluding hydrogens is 232 g/mol. The highest BCUT2D eigenvalue weighted by Crippen LogP contribution is 2.20. The largest absolute Gasteiger partial charge is 0.480 e. The summed E-state index contributed by atoms with van der Waals surface area (Å²) in [4.78, 5) is 26.8. The quantitative estimate of drug-likeness (QED) is 0.838. The molecule has 104 valence electrons. The van der Waals surface area contributed by atoms with Crippen LogP contribution in [0.5, 0.6) is 0 Å². The Morgan fingerprint density at radius 3 is 2.44 bits per heavy atom. The molecule has 0 aromatic rings. The first-order valence-corrected chi connectivity index (χ1v) is 6.79. The molecule has 18 heavy (non-hydrogen) atoms. The second-order valence-corrected chi connectivity index (χ2v) is 4.91. The van der Waals surface area contributed by atoms with Gasteiger partial charge in [-0.15, -0.1) is 0 Å². The molecular formula is C13H24N2O3. The van der Waals surface area contributed by atoms with Crippen LogP contribution < -0.4 is 0 Å². The van der Waals surface area contributed by atoms with Gasteiger partial charge in [-0.25, -0.2) is 9.59 Å². The lowest BCUT2D eigenvalue weighted by Crippen LogP contribution is -2.54. The van der Waals surface area contributed by atoms with Crippen molar-refractivity contribution in [2.24, 2.45) is 0 Å². The topological polar surface area (TPSA) is 60.9 Å². The van der Waals surface area contributed by atoms with Crippen molar-refractivity contribution in [3.63, 3.8) is 0 Å². The molecule has 5 heteroatoms. The molecule has 1 N–H and O–H groups in total. The van der Waals surface area contributed by atoms with E-state index in [0.29, 0.717) is 13.0 Å². The zero-order chi connectivity index (χ0) is 13.7. The van der Waals surface area contributed by atoms with E-state index in [4.69, 9.17) is 0 Å². The third-order valence-corrected chi connectivity index (χ3v) is 3.83. The van der Waals surface area contributed by atoms with Crippen LogP contribution in [0.4, 0.5) is 4.79 Å². The summed E-state index contributed by atoms with van der Waals surface area (Å²) in [5, 5.41) is 9.18.